The van der Waals surface area contributed by atoms with E-state index < -0.39 is 4.92 Å². The molecule has 0 amide bonds. The maximum absolute atomic E-state index is 10.9. The summed E-state index contributed by atoms with van der Waals surface area (Å²) in [7, 11) is 0. The van der Waals surface area contributed by atoms with Gasteiger partial charge >= 0.3 is 0 Å². The highest BCUT2D eigenvalue weighted by Crippen LogP contribution is 2.28. The van der Waals surface area contributed by atoms with Crippen molar-refractivity contribution in [2.24, 2.45) is 0 Å². The van der Waals surface area contributed by atoms with Crippen molar-refractivity contribution in [3.05, 3.63) is 64.7 Å². The van der Waals surface area contributed by atoms with Gasteiger partial charge in [0.1, 0.15) is 13.1 Å². The zero-order valence-corrected chi connectivity index (χ0v) is 16.7. The third-order valence-electron chi connectivity index (χ3n) is 4.87. The summed E-state index contributed by atoms with van der Waals surface area (Å²) in [5, 5.41) is 20.6. The molecule has 4 rings (SSSR count). The highest BCUT2D eigenvalue weighted by Gasteiger charge is 2.19. The fourth-order valence-corrected chi connectivity index (χ4v) is 4.28. The topological polar surface area (TPSA) is 87.5 Å². The molecule has 8 nitrogen and oxygen atoms in total. The Morgan fingerprint density at radius 2 is 1.79 bits per heavy atom. The van der Waals surface area contributed by atoms with E-state index >= 15 is 0 Å². The first-order valence-corrected chi connectivity index (χ1v) is 10.5. The van der Waals surface area contributed by atoms with E-state index in [1.54, 1.807) is 28.8 Å². The van der Waals surface area contributed by atoms with Crippen LogP contribution in [0.5, 0.6) is 0 Å². The molecule has 29 heavy (non-hydrogen) atoms. The number of nitro groups is 1. The Bertz CT molecular complexity index is 956. The van der Waals surface area contributed by atoms with Gasteiger partial charge in [-0.2, -0.15) is 0 Å². The smallest absolute Gasteiger partial charge is 0.269 e. The van der Waals surface area contributed by atoms with Crippen LogP contribution in [-0.2, 0) is 4.74 Å². The molecule has 1 aromatic heterocycles. The minimum Gasteiger partial charge on any atom is -0.370 e. The van der Waals surface area contributed by atoms with Crippen LogP contribution >= 0.6 is 11.8 Å². The van der Waals surface area contributed by atoms with Crippen molar-refractivity contribution in [3.63, 3.8) is 0 Å². The van der Waals surface area contributed by atoms with E-state index in [-0.39, 0.29) is 5.69 Å². The molecule has 0 aliphatic carbocycles. The predicted molar refractivity (Wildman–Crippen MR) is 111 cm³/mol. The van der Waals surface area contributed by atoms with Gasteiger partial charge in [-0.1, -0.05) is 30.0 Å². The maximum atomic E-state index is 10.9. The molecule has 2 heterocycles. The average molecular weight is 412 g/mol. The third-order valence-corrected chi connectivity index (χ3v) is 5.80. The maximum Gasteiger partial charge on any atom is 0.269 e. The van der Waals surface area contributed by atoms with Crippen LogP contribution in [0.2, 0.25) is 0 Å². The molecule has 3 aromatic rings. The van der Waals surface area contributed by atoms with Gasteiger partial charge < -0.3 is 9.64 Å². The number of quaternary nitrogens is 1. The lowest BCUT2D eigenvalue weighted by Gasteiger charge is -2.23. The Labute approximate surface area is 172 Å². The first kappa shape index (κ1) is 19.6. The zero-order chi connectivity index (χ0) is 20.1. The van der Waals surface area contributed by atoms with Crippen LogP contribution in [0.1, 0.15) is 0 Å². The zero-order valence-electron chi connectivity index (χ0n) is 15.9. The largest absolute Gasteiger partial charge is 0.370 e. The van der Waals surface area contributed by atoms with Gasteiger partial charge in [0, 0.05) is 23.4 Å². The Morgan fingerprint density at radius 3 is 2.48 bits per heavy atom. The number of rotatable bonds is 7. The van der Waals surface area contributed by atoms with Crippen molar-refractivity contribution in [1.82, 2.24) is 14.8 Å². The van der Waals surface area contributed by atoms with Gasteiger partial charge in [-0.15, -0.1) is 10.2 Å². The molecule has 0 radical (unpaired) electrons. The normalized spacial score (nSPS) is 14.8. The molecule has 0 unspecified atom stereocenters. The minimum atomic E-state index is -0.402. The van der Waals surface area contributed by atoms with E-state index in [2.05, 4.69) is 10.2 Å². The van der Waals surface area contributed by atoms with Crippen LogP contribution in [-0.4, -0.2) is 58.3 Å². The van der Waals surface area contributed by atoms with E-state index in [1.165, 1.54) is 12.1 Å². The van der Waals surface area contributed by atoms with Crippen LogP contribution in [0.15, 0.2) is 59.8 Å². The Kier molecular flexibility index (Phi) is 6.18. The summed E-state index contributed by atoms with van der Waals surface area (Å²) < 4.78 is 7.43. The Morgan fingerprint density at radius 1 is 1.07 bits per heavy atom. The molecule has 0 spiro atoms. The molecule has 2 aromatic carbocycles. The second kappa shape index (κ2) is 9.17. The lowest BCUT2D eigenvalue weighted by atomic mass is 10.2. The monoisotopic (exact) mass is 412 g/mol. The average Bonchev–Trinajstić information content (AvgIpc) is 3.19. The molecule has 0 saturated carbocycles. The van der Waals surface area contributed by atoms with Gasteiger partial charge in [0.15, 0.2) is 11.0 Å². The number of nitrogens with zero attached hydrogens (tertiary/aromatic N) is 4. The number of nitrogens with one attached hydrogen (secondary N) is 1. The van der Waals surface area contributed by atoms with Crippen molar-refractivity contribution in [3.8, 4) is 17.1 Å². The lowest BCUT2D eigenvalue weighted by molar-refractivity contribution is -0.905. The van der Waals surface area contributed by atoms with Crippen LogP contribution < -0.4 is 4.90 Å². The molecule has 1 fully saturated rings. The fraction of sp³-hybridized carbons (Fsp3) is 0.300. The number of para-hydroxylation sites is 1. The molecule has 1 saturated heterocycles. The quantitative estimate of drug-likeness (QED) is 0.362. The van der Waals surface area contributed by atoms with Crippen LogP contribution in [0.25, 0.3) is 17.1 Å². The van der Waals surface area contributed by atoms with E-state index in [0.29, 0.717) is 5.82 Å². The van der Waals surface area contributed by atoms with Crippen LogP contribution in [0, 0.1) is 10.1 Å². The van der Waals surface area contributed by atoms with Gasteiger partial charge in [0.05, 0.1) is 30.4 Å². The first-order chi connectivity index (χ1) is 14.2. The number of non-ortho nitro benzene ring substituents is 1. The SMILES string of the molecule is O=[N+]([O-])c1ccc(-c2nnc(SCC[NH+]3CCOCC3)n2-c2ccccc2)cc1. The number of benzene rings is 2. The number of hydrogen-bond acceptors (Lipinski definition) is 6. The first-order valence-electron chi connectivity index (χ1n) is 9.52. The molecule has 0 atom stereocenters. The summed E-state index contributed by atoms with van der Waals surface area (Å²) in [6.07, 6.45) is 0. The van der Waals surface area contributed by atoms with Gasteiger partial charge in [-0.25, -0.2) is 0 Å². The minimum absolute atomic E-state index is 0.0580. The lowest BCUT2D eigenvalue weighted by Crippen LogP contribution is -3.14. The molecule has 1 aliphatic heterocycles. The van der Waals surface area contributed by atoms with Crippen molar-refractivity contribution in [1.29, 1.82) is 0 Å². The molecular weight excluding hydrogens is 390 g/mol. The van der Waals surface area contributed by atoms with Crippen molar-refractivity contribution >= 4 is 17.4 Å². The van der Waals surface area contributed by atoms with Crippen molar-refractivity contribution in [2.75, 3.05) is 38.6 Å². The highest BCUT2D eigenvalue weighted by atomic mass is 32.2. The molecule has 9 heteroatoms. The van der Waals surface area contributed by atoms with Crippen LogP contribution in [0.4, 0.5) is 5.69 Å². The Balaban J connectivity index is 1.59. The summed E-state index contributed by atoms with van der Waals surface area (Å²) >= 11 is 1.68. The van der Waals surface area contributed by atoms with Gasteiger partial charge in [0.2, 0.25) is 0 Å². The Hall–Kier alpha value is -2.75. The molecule has 150 valence electrons. The standard InChI is InChI=1S/C20H21N5O3S/c26-25(27)18-8-6-16(7-9-18)19-21-22-20(24(19)17-4-2-1-3-5-17)29-15-12-23-10-13-28-14-11-23/h1-9H,10-15H2/p+1. The second-order valence-electron chi connectivity index (χ2n) is 6.74. The second-order valence-corrected chi connectivity index (χ2v) is 7.80. The van der Waals surface area contributed by atoms with E-state index in [1.807, 2.05) is 34.9 Å². The number of aromatic nitrogens is 3. The van der Waals surface area contributed by atoms with Gasteiger partial charge in [-0.05, 0) is 24.3 Å². The molecular formula is C20H22N5O3S+. The predicted octanol–water partition coefficient (Wildman–Crippen LogP) is 1.85. The summed E-state index contributed by atoms with van der Waals surface area (Å²) in [5.41, 5.74) is 1.81. The van der Waals surface area contributed by atoms with Crippen LogP contribution in [0.3, 0.4) is 0 Å². The number of ether oxygens (including phenoxy) is 1. The summed E-state index contributed by atoms with van der Waals surface area (Å²) in [6.45, 7) is 4.78. The summed E-state index contributed by atoms with van der Waals surface area (Å²) in [6, 6.07) is 16.4. The van der Waals surface area contributed by atoms with Gasteiger partial charge in [-0.3, -0.25) is 14.7 Å². The van der Waals surface area contributed by atoms with Crippen molar-refractivity contribution in [2.45, 2.75) is 5.16 Å². The summed E-state index contributed by atoms with van der Waals surface area (Å²) in [4.78, 5) is 12.1. The highest BCUT2D eigenvalue weighted by molar-refractivity contribution is 7.99. The van der Waals surface area contributed by atoms with E-state index in [9.17, 15) is 10.1 Å². The number of morpholine rings is 1. The number of hydrogen-bond donors (Lipinski definition) is 1. The third kappa shape index (κ3) is 4.64. The fourth-order valence-electron chi connectivity index (χ4n) is 3.29. The summed E-state index contributed by atoms with van der Waals surface area (Å²) in [5.74, 6) is 1.60. The van der Waals surface area contributed by atoms with E-state index in [4.69, 9.17) is 4.74 Å². The number of nitro benzene ring substituents is 1. The van der Waals surface area contributed by atoms with Gasteiger partial charge in [0.25, 0.3) is 5.69 Å². The molecule has 1 aliphatic rings. The molecule has 1 N–H and O–H groups in total. The molecule has 0 bridgehead atoms. The van der Waals surface area contributed by atoms with E-state index in [0.717, 1.165) is 55.0 Å². The number of thioether (sulfide) groups is 1. The van der Waals surface area contributed by atoms with Crippen molar-refractivity contribution < 1.29 is 14.6 Å².